The van der Waals surface area contributed by atoms with Crippen molar-refractivity contribution < 1.29 is 27.7 Å². The fourth-order valence-corrected chi connectivity index (χ4v) is 2.07. The Hall–Kier alpha value is -0.900. The van der Waals surface area contributed by atoms with Crippen LogP contribution in [0.2, 0.25) is 0 Å². The molecule has 0 saturated carbocycles. The second kappa shape index (κ2) is 3.46. The van der Waals surface area contributed by atoms with E-state index in [9.17, 15) is 17.5 Å². The number of hydrogen-bond donors (Lipinski definition) is 3. The average molecular weight is 225 g/mol. The SMILES string of the molecule is O=S([O-])c1c(O)[nH]c(O)c1S(=O)[O-]. The van der Waals surface area contributed by atoms with E-state index in [1.54, 1.807) is 4.98 Å². The van der Waals surface area contributed by atoms with Crippen molar-refractivity contribution in [1.82, 2.24) is 4.98 Å². The molecular formula is C4H3NO6S2-2. The highest BCUT2D eigenvalue weighted by atomic mass is 32.2. The summed E-state index contributed by atoms with van der Waals surface area (Å²) >= 11 is -5.87. The maximum absolute atomic E-state index is 10.4. The highest BCUT2D eigenvalue weighted by Crippen LogP contribution is 2.33. The molecule has 0 amide bonds. The second-order valence-corrected chi connectivity index (χ2v) is 3.71. The molecule has 0 fully saturated rings. The second-order valence-electron chi connectivity index (χ2n) is 1.95. The number of H-pyrrole nitrogens is 1. The Balaban J connectivity index is 3.47. The summed E-state index contributed by atoms with van der Waals surface area (Å²) in [4.78, 5) is 0.0246. The first-order valence-electron chi connectivity index (χ1n) is 2.77. The van der Waals surface area contributed by atoms with Gasteiger partial charge in [-0.15, -0.1) is 0 Å². The average Bonchev–Trinajstić information content (AvgIpc) is 2.24. The zero-order chi connectivity index (χ0) is 10.2. The summed E-state index contributed by atoms with van der Waals surface area (Å²) in [5.41, 5.74) is 0. The molecule has 1 aromatic heterocycles. The minimum absolute atomic E-state index is 0.870. The predicted octanol–water partition coefficient (Wildman–Crippen LogP) is -1.10. The molecule has 1 aromatic rings. The summed E-state index contributed by atoms with van der Waals surface area (Å²) in [7, 11) is 0. The van der Waals surface area contributed by atoms with Crippen LogP contribution in [0.1, 0.15) is 0 Å². The van der Waals surface area contributed by atoms with Gasteiger partial charge in [-0.3, -0.25) is 13.4 Å². The van der Waals surface area contributed by atoms with Crippen molar-refractivity contribution in [3.63, 3.8) is 0 Å². The van der Waals surface area contributed by atoms with Crippen LogP contribution < -0.4 is 0 Å². The summed E-state index contributed by atoms with van der Waals surface area (Å²) in [6, 6.07) is 0. The Kier molecular flexibility index (Phi) is 2.71. The van der Waals surface area contributed by atoms with E-state index >= 15 is 0 Å². The van der Waals surface area contributed by atoms with E-state index in [0.717, 1.165) is 0 Å². The first-order valence-corrected chi connectivity index (χ1v) is 4.92. The van der Waals surface area contributed by atoms with Gasteiger partial charge >= 0.3 is 0 Å². The number of rotatable bonds is 2. The molecule has 0 aromatic carbocycles. The van der Waals surface area contributed by atoms with Gasteiger partial charge in [-0.2, -0.15) is 0 Å². The molecule has 0 bridgehead atoms. The molecule has 7 nitrogen and oxygen atoms in total. The zero-order valence-corrected chi connectivity index (χ0v) is 7.48. The Labute approximate surface area is 77.0 Å². The Morgan fingerprint density at radius 1 is 1.00 bits per heavy atom. The van der Waals surface area contributed by atoms with Gasteiger partial charge < -0.3 is 19.3 Å². The van der Waals surface area contributed by atoms with Crippen molar-refractivity contribution in [1.29, 1.82) is 0 Å². The van der Waals surface area contributed by atoms with Crippen molar-refractivity contribution >= 4 is 22.2 Å². The van der Waals surface area contributed by atoms with Gasteiger partial charge in [-0.1, -0.05) is 0 Å². The molecule has 0 aliphatic heterocycles. The van der Waals surface area contributed by atoms with Crippen LogP contribution in [0.3, 0.4) is 0 Å². The van der Waals surface area contributed by atoms with Crippen LogP contribution in [-0.4, -0.2) is 32.7 Å². The van der Waals surface area contributed by atoms with Crippen molar-refractivity contribution in [2.45, 2.75) is 9.79 Å². The van der Waals surface area contributed by atoms with Gasteiger partial charge in [0, 0.05) is 0 Å². The Bertz CT molecular complexity index is 350. The topological polar surface area (TPSA) is 137 Å². The summed E-state index contributed by atoms with van der Waals surface area (Å²) in [5.74, 6) is -1.82. The van der Waals surface area contributed by atoms with Crippen LogP contribution in [0.25, 0.3) is 0 Å². The van der Waals surface area contributed by atoms with Gasteiger partial charge in [0.2, 0.25) is 11.8 Å². The van der Waals surface area contributed by atoms with E-state index in [-0.39, 0.29) is 0 Å². The molecule has 0 radical (unpaired) electrons. The van der Waals surface area contributed by atoms with Crippen LogP contribution in [0.4, 0.5) is 0 Å². The van der Waals surface area contributed by atoms with E-state index in [4.69, 9.17) is 10.2 Å². The number of hydrogen-bond acceptors (Lipinski definition) is 6. The molecule has 1 rings (SSSR count). The quantitative estimate of drug-likeness (QED) is 0.546. The maximum atomic E-state index is 10.4. The normalized spacial score (nSPS) is 15.5. The summed E-state index contributed by atoms with van der Waals surface area (Å²) in [6.45, 7) is 0. The van der Waals surface area contributed by atoms with E-state index in [0.29, 0.717) is 0 Å². The van der Waals surface area contributed by atoms with E-state index in [1.165, 1.54) is 0 Å². The van der Waals surface area contributed by atoms with Gasteiger partial charge in [-0.05, 0) is 22.2 Å². The maximum Gasteiger partial charge on any atom is 0.208 e. The Morgan fingerprint density at radius 3 is 1.54 bits per heavy atom. The summed E-state index contributed by atoms with van der Waals surface area (Å²) in [6.07, 6.45) is 0. The predicted molar refractivity (Wildman–Crippen MR) is 38.5 cm³/mol. The monoisotopic (exact) mass is 225 g/mol. The molecule has 9 heteroatoms. The first kappa shape index (κ1) is 10.2. The third kappa shape index (κ3) is 1.72. The molecule has 3 N–H and O–H groups in total. The summed E-state index contributed by atoms with van der Waals surface area (Å²) < 4.78 is 41.6. The highest BCUT2D eigenvalue weighted by molar-refractivity contribution is 7.82. The molecule has 0 saturated heterocycles. The van der Waals surface area contributed by atoms with Crippen molar-refractivity contribution in [2.75, 3.05) is 0 Å². The highest BCUT2D eigenvalue weighted by Gasteiger charge is 2.18. The molecule has 0 aliphatic rings. The number of nitrogens with one attached hydrogen (secondary N) is 1. The third-order valence-corrected chi connectivity index (χ3v) is 2.80. The van der Waals surface area contributed by atoms with Crippen LogP contribution in [0.15, 0.2) is 9.79 Å². The van der Waals surface area contributed by atoms with E-state index in [1.807, 2.05) is 0 Å². The van der Waals surface area contributed by atoms with Gasteiger partial charge in [0.15, 0.2) is 0 Å². The molecule has 13 heavy (non-hydrogen) atoms. The lowest BCUT2D eigenvalue weighted by Gasteiger charge is -2.08. The zero-order valence-electron chi connectivity index (χ0n) is 5.84. The molecule has 0 spiro atoms. The molecule has 1 heterocycles. The summed E-state index contributed by atoms with van der Waals surface area (Å²) in [5, 5.41) is 17.7. The van der Waals surface area contributed by atoms with Crippen molar-refractivity contribution in [3.8, 4) is 11.8 Å². The lowest BCUT2D eigenvalue weighted by molar-refractivity contribution is 0.417. The van der Waals surface area contributed by atoms with Crippen molar-refractivity contribution in [2.24, 2.45) is 0 Å². The lowest BCUT2D eigenvalue weighted by atomic mass is 10.6. The smallest absolute Gasteiger partial charge is 0.208 e. The Morgan fingerprint density at radius 2 is 1.31 bits per heavy atom. The standard InChI is InChI=1S/C4H5NO6S2/c6-3-1(12(8)9)2(13(10)11)4(7)5-3/h5-7H,(H,8,9)(H,10,11)/p-2. The van der Waals surface area contributed by atoms with E-state index < -0.39 is 43.7 Å². The van der Waals surface area contributed by atoms with Crippen LogP contribution in [0, 0.1) is 0 Å². The molecule has 74 valence electrons. The minimum atomic E-state index is -2.94. The first-order chi connectivity index (χ1) is 5.95. The van der Waals surface area contributed by atoms with Gasteiger partial charge in [-0.25, -0.2) is 0 Å². The van der Waals surface area contributed by atoms with Crippen LogP contribution in [-0.2, 0) is 22.2 Å². The molecular weight excluding hydrogens is 222 g/mol. The fourth-order valence-electron chi connectivity index (χ4n) is 0.750. The van der Waals surface area contributed by atoms with Crippen molar-refractivity contribution in [3.05, 3.63) is 0 Å². The van der Waals surface area contributed by atoms with Crippen LogP contribution >= 0.6 is 0 Å². The third-order valence-electron chi connectivity index (χ3n) is 1.21. The van der Waals surface area contributed by atoms with Gasteiger partial charge in [0.1, 0.15) is 9.79 Å². The molecule has 2 unspecified atom stereocenters. The minimum Gasteiger partial charge on any atom is -0.768 e. The molecule has 2 atom stereocenters. The molecule has 0 aliphatic carbocycles. The largest absolute Gasteiger partial charge is 0.768 e. The van der Waals surface area contributed by atoms with Crippen LogP contribution in [0.5, 0.6) is 11.8 Å². The van der Waals surface area contributed by atoms with E-state index in [2.05, 4.69) is 0 Å². The lowest BCUT2D eigenvalue weighted by Crippen LogP contribution is -1.95. The van der Waals surface area contributed by atoms with Gasteiger partial charge in [0.05, 0.1) is 0 Å². The number of aromatic amines is 1. The number of aromatic nitrogens is 1. The fraction of sp³-hybridized carbons (Fsp3) is 0. The number of aromatic hydroxyl groups is 2. The van der Waals surface area contributed by atoms with Gasteiger partial charge in [0.25, 0.3) is 0 Å².